The van der Waals surface area contributed by atoms with Gasteiger partial charge in [-0.15, -0.1) is 0 Å². The van der Waals surface area contributed by atoms with E-state index in [9.17, 15) is 5.11 Å². The molecule has 0 bridgehead atoms. The highest BCUT2D eigenvalue weighted by Gasteiger charge is 2.37. The molecule has 0 fully saturated rings. The number of fused-ring (bicyclic) bond motifs is 2. The Bertz CT molecular complexity index is 777. The van der Waals surface area contributed by atoms with Gasteiger partial charge in [0.15, 0.2) is 17.7 Å². The summed E-state index contributed by atoms with van der Waals surface area (Å²) >= 11 is 0. The van der Waals surface area contributed by atoms with Crippen LogP contribution in [0.15, 0.2) is 36.4 Å². The summed E-state index contributed by atoms with van der Waals surface area (Å²) in [6.45, 7) is 2.92. The highest BCUT2D eigenvalue weighted by molar-refractivity contribution is 5.56. The second-order valence-corrected chi connectivity index (χ2v) is 6.57. The van der Waals surface area contributed by atoms with Crippen LogP contribution in [0.2, 0.25) is 0 Å². The number of hydrogen-bond acceptors (Lipinski definition) is 6. The molecule has 0 aromatic heterocycles. The van der Waals surface area contributed by atoms with E-state index in [-0.39, 0.29) is 31.5 Å². The number of ether oxygens (including phenoxy) is 4. The third kappa shape index (κ3) is 2.95. The summed E-state index contributed by atoms with van der Waals surface area (Å²) in [6.07, 6.45) is -0.206. The second kappa shape index (κ2) is 7.05. The fraction of sp³-hybridized carbons (Fsp3) is 0.400. The summed E-state index contributed by atoms with van der Waals surface area (Å²) in [7, 11) is 1.66. The maximum absolute atomic E-state index is 9.18. The number of benzene rings is 2. The quantitative estimate of drug-likeness (QED) is 0.857. The van der Waals surface area contributed by atoms with Gasteiger partial charge < -0.3 is 24.1 Å². The predicted molar refractivity (Wildman–Crippen MR) is 96.1 cm³/mol. The van der Waals surface area contributed by atoms with E-state index in [1.54, 1.807) is 7.11 Å². The Kier molecular flexibility index (Phi) is 4.61. The lowest BCUT2D eigenvalue weighted by atomic mass is 9.78. The predicted octanol–water partition coefficient (Wildman–Crippen LogP) is 2.49. The van der Waals surface area contributed by atoms with Gasteiger partial charge in [-0.05, 0) is 23.8 Å². The van der Waals surface area contributed by atoms with Crippen molar-refractivity contribution in [3.05, 3.63) is 47.5 Å². The minimum Gasteiger partial charge on any atom is -0.497 e. The summed E-state index contributed by atoms with van der Waals surface area (Å²) < 4.78 is 22.5. The maximum Gasteiger partial charge on any atom is 0.231 e. The zero-order valence-electron chi connectivity index (χ0n) is 14.9. The van der Waals surface area contributed by atoms with Gasteiger partial charge in [0.2, 0.25) is 6.79 Å². The molecule has 3 atom stereocenters. The van der Waals surface area contributed by atoms with Crippen LogP contribution in [0.5, 0.6) is 23.0 Å². The van der Waals surface area contributed by atoms with Crippen molar-refractivity contribution in [3.63, 3.8) is 0 Å². The van der Waals surface area contributed by atoms with E-state index in [4.69, 9.17) is 18.9 Å². The lowest BCUT2D eigenvalue weighted by Gasteiger charge is -2.38. The van der Waals surface area contributed by atoms with E-state index < -0.39 is 0 Å². The van der Waals surface area contributed by atoms with E-state index >= 15 is 0 Å². The van der Waals surface area contributed by atoms with Crippen LogP contribution in [-0.2, 0) is 0 Å². The Morgan fingerprint density at radius 3 is 2.54 bits per heavy atom. The van der Waals surface area contributed by atoms with Crippen LogP contribution in [-0.4, -0.2) is 38.4 Å². The molecule has 4 rings (SSSR count). The van der Waals surface area contributed by atoms with Crippen molar-refractivity contribution in [1.82, 2.24) is 5.32 Å². The van der Waals surface area contributed by atoms with Crippen molar-refractivity contribution in [3.8, 4) is 23.0 Å². The van der Waals surface area contributed by atoms with Crippen LogP contribution in [0.1, 0.15) is 24.0 Å². The first-order valence-corrected chi connectivity index (χ1v) is 8.79. The summed E-state index contributed by atoms with van der Waals surface area (Å²) in [4.78, 5) is 0. The van der Waals surface area contributed by atoms with Gasteiger partial charge in [0.1, 0.15) is 11.5 Å². The lowest BCUT2D eigenvalue weighted by molar-refractivity contribution is 0.0743. The molecule has 0 spiro atoms. The van der Waals surface area contributed by atoms with Crippen LogP contribution < -0.4 is 24.3 Å². The second-order valence-electron chi connectivity index (χ2n) is 6.57. The molecule has 0 saturated carbocycles. The van der Waals surface area contributed by atoms with Crippen molar-refractivity contribution >= 4 is 0 Å². The van der Waals surface area contributed by atoms with Gasteiger partial charge in [-0.3, -0.25) is 5.32 Å². The van der Waals surface area contributed by atoms with Gasteiger partial charge in [-0.2, -0.15) is 0 Å². The molecule has 6 heteroatoms. The molecule has 26 heavy (non-hydrogen) atoms. The molecule has 0 aliphatic carbocycles. The SMILES string of the molecule is COc1ccc([C@@H]2c3cc4c(cc3O[C@H](NCCO)[C@H]2C)OCO4)cc1. The first-order valence-electron chi connectivity index (χ1n) is 8.79. The van der Waals surface area contributed by atoms with Crippen LogP contribution in [0.25, 0.3) is 0 Å². The lowest BCUT2D eigenvalue weighted by Crippen LogP contribution is -2.46. The molecule has 2 aromatic rings. The number of rotatable bonds is 5. The van der Waals surface area contributed by atoms with Crippen molar-refractivity contribution in [2.75, 3.05) is 27.1 Å². The van der Waals surface area contributed by atoms with Gasteiger partial charge in [0.25, 0.3) is 0 Å². The van der Waals surface area contributed by atoms with E-state index in [0.717, 1.165) is 22.8 Å². The summed E-state index contributed by atoms with van der Waals surface area (Å²) in [5.41, 5.74) is 2.26. The van der Waals surface area contributed by atoms with E-state index in [1.165, 1.54) is 5.56 Å². The highest BCUT2D eigenvalue weighted by atomic mass is 16.7. The largest absolute Gasteiger partial charge is 0.497 e. The Hall–Kier alpha value is -2.44. The van der Waals surface area contributed by atoms with Gasteiger partial charge in [-0.25, -0.2) is 0 Å². The van der Waals surface area contributed by atoms with Gasteiger partial charge in [-0.1, -0.05) is 19.1 Å². The molecule has 2 aliphatic heterocycles. The monoisotopic (exact) mass is 357 g/mol. The zero-order valence-corrected chi connectivity index (χ0v) is 14.9. The Balaban J connectivity index is 1.76. The third-order valence-corrected chi connectivity index (χ3v) is 5.03. The molecule has 2 aromatic carbocycles. The molecule has 2 N–H and O–H groups in total. The molecule has 138 valence electrons. The van der Waals surface area contributed by atoms with E-state index in [2.05, 4.69) is 24.4 Å². The molecule has 0 amide bonds. The molecule has 0 radical (unpaired) electrons. The molecule has 2 heterocycles. The Morgan fingerprint density at radius 1 is 1.12 bits per heavy atom. The maximum atomic E-state index is 9.18. The normalized spacial score (nSPS) is 23.3. The van der Waals surface area contributed by atoms with E-state index in [1.807, 2.05) is 24.3 Å². The molecular weight excluding hydrogens is 334 g/mol. The van der Waals surface area contributed by atoms with Gasteiger partial charge in [0.05, 0.1) is 13.7 Å². The Labute approximate surface area is 152 Å². The average molecular weight is 357 g/mol. The number of aliphatic hydroxyl groups is 1. The Morgan fingerprint density at radius 2 is 1.85 bits per heavy atom. The van der Waals surface area contributed by atoms with E-state index in [0.29, 0.717) is 12.3 Å². The minimum absolute atomic E-state index is 0.0633. The van der Waals surface area contributed by atoms with Crippen LogP contribution in [0.3, 0.4) is 0 Å². The van der Waals surface area contributed by atoms with Crippen molar-refractivity contribution in [2.24, 2.45) is 5.92 Å². The highest BCUT2D eigenvalue weighted by Crippen LogP contribution is 2.48. The standard InChI is InChI=1S/C20H23NO5/c1-12-19(13-3-5-14(23-2)6-4-13)15-9-17-18(25-11-24-17)10-16(15)26-20(12)21-7-8-22/h3-6,9-10,12,19-22H,7-8,11H2,1-2H3/t12-,19+,20-/m0/s1. The van der Waals surface area contributed by atoms with Crippen molar-refractivity contribution < 1.29 is 24.1 Å². The summed E-state index contributed by atoms with van der Waals surface area (Å²) in [5.74, 6) is 3.34. The smallest absolute Gasteiger partial charge is 0.231 e. The molecule has 2 aliphatic rings. The average Bonchev–Trinajstić information content (AvgIpc) is 3.12. The van der Waals surface area contributed by atoms with Crippen molar-refractivity contribution in [1.29, 1.82) is 0 Å². The summed E-state index contributed by atoms with van der Waals surface area (Å²) in [5, 5.41) is 12.5. The van der Waals surface area contributed by atoms with Crippen LogP contribution >= 0.6 is 0 Å². The van der Waals surface area contributed by atoms with Crippen LogP contribution in [0.4, 0.5) is 0 Å². The molecule has 6 nitrogen and oxygen atoms in total. The van der Waals surface area contributed by atoms with Crippen molar-refractivity contribution in [2.45, 2.75) is 19.1 Å². The summed E-state index contributed by atoms with van der Waals surface area (Å²) in [6, 6.07) is 12.0. The fourth-order valence-corrected chi connectivity index (χ4v) is 3.72. The van der Waals surface area contributed by atoms with Crippen LogP contribution in [0, 0.1) is 5.92 Å². The van der Waals surface area contributed by atoms with Gasteiger partial charge in [0, 0.05) is 30.0 Å². The number of methoxy groups -OCH3 is 1. The minimum atomic E-state index is -0.206. The molecular formula is C20H23NO5. The fourth-order valence-electron chi connectivity index (χ4n) is 3.72. The molecule has 0 saturated heterocycles. The number of hydrogen-bond donors (Lipinski definition) is 2. The zero-order chi connectivity index (χ0) is 18.1. The third-order valence-electron chi connectivity index (χ3n) is 5.03. The topological polar surface area (TPSA) is 69.2 Å². The first kappa shape index (κ1) is 17.0. The first-order chi connectivity index (χ1) is 12.7. The number of nitrogens with one attached hydrogen (secondary N) is 1. The molecule has 0 unspecified atom stereocenters. The number of aliphatic hydroxyl groups excluding tert-OH is 1. The van der Waals surface area contributed by atoms with Gasteiger partial charge >= 0.3 is 0 Å².